The molecule has 0 saturated carbocycles. The molecule has 3 atom stereocenters. The first-order valence-corrected chi connectivity index (χ1v) is 17.7. The number of imide groups is 1. The zero-order valence-electron chi connectivity index (χ0n) is 25.1. The molecule has 49 heavy (non-hydrogen) atoms. The summed E-state index contributed by atoms with van der Waals surface area (Å²) in [7, 11) is -3.91. The van der Waals surface area contributed by atoms with Crippen molar-refractivity contribution in [2.75, 3.05) is 23.4 Å². The highest BCUT2D eigenvalue weighted by atomic mass is 32.2. The topological polar surface area (TPSA) is 178 Å². The number of aromatic amines is 1. The first kappa shape index (κ1) is 34.2. The van der Waals surface area contributed by atoms with Gasteiger partial charge in [0.2, 0.25) is 21.8 Å². The van der Waals surface area contributed by atoms with Gasteiger partial charge in [0.25, 0.3) is 5.91 Å². The second-order valence-corrected chi connectivity index (χ2v) is 14.6. The molecule has 0 spiro atoms. The number of thiazole rings is 1. The predicted molar refractivity (Wildman–Crippen MR) is 173 cm³/mol. The summed E-state index contributed by atoms with van der Waals surface area (Å²) in [6, 6.07) is 14.1. The van der Waals surface area contributed by atoms with E-state index in [1.54, 1.807) is 19.1 Å². The molecule has 0 unspecified atom stereocenters. The number of carbonyl (C=O) groups is 3. The molecule has 2 aliphatic heterocycles. The van der Waals surface area contributed by atoms with Gasteiger partial charge in [0.15, 0.2) is 18.1 Å². The molecule has 6 rings (SSSR count). The van der Waals surface area contributed by atoms with Crippen LogP contribution < -0.4 is 29.7 Å². The molecule has 12 nitrogen and oxygen atoms in total. The maximum absolute atomic E-state index is 14.0. The van der Waals surface area contributed by atoms with Gasteiger partial charge in [0.05, 0.1) is 33.7 Å². The number of thioether (sulfide) groups is 1. The number of hydrogen-bond donors (Lipinski definition) is 3. The summed E-state index contributed by atoms with van der Waals surface area (Å²) in [5.41, 5.74) is -0.998. The third-order valence-electron chi connectivity index (χ3n) is 7.73. The molecule has 1 aromatic heterocycles. The lowest BCUT2D eigenvalue weighted by atomic mass is 9.83. The number of nitrogens with two attached hydrogens (primary N) is 1. The largest absolute Gasteiger partial charge is 0.490 e. The Hall–Kier alpha value is -4.65. The monoisotopic (exact) mass is 734 g/mol. The van der Waals surface area contributed by atoms with E-state index in [1.807, 2.05) is 0 Å². The van der Waals surface area contributed by atoms with Crippen molar-refractivity contribution in [2.24, 2.45) is 11.1 Å². The van der Waals surface area contributed by atoms with Crippen LogP contribution >= 0.6 is 23.1 Å². The average Bonchev–Trinajstić information content (AvgIpc) is 3.53. The van der Waals surface area contributed by atoms with Gasteiger partial charge in [-0.05, 0) is 61.0 Å². The smallest absolute Gasteiger partial charge is 0.418 e. The standard InChI is InChI=1S/C31H25F3N4O8S3/c1-2-45-21-13-15(7-12-20(21)46-14-22(39)36-16-8-10-17(11-9-16)49(35,43)44)23-24-26(47-27-25(23)48-30(42)37-27)29(41)38(28(24)40)19-6-4-3-5-18(19)31(32,33)34/h3-13,23-24,26H,2,14H2,1H3,(H,36,39)(H,37,42)(H2,35,43,44)/t23-,24-,26+/m0/s1. The van der Waals surface area contributed by atoms with Crippen molar-refractivity contribution in [3.8, 4) is 11.5 Å². The molecule has 0 radical (unpaired) electrons. The van der Waals surface area contributed by atoms with Gasteiger partial charge >= 0.3 is 11.0 Å². The second-order valence-electron chi connectivity index (χ2n) is 10.8. The van der Waals surface area contributed by atoms with Crippen molar-refractivity contribution in [2.45, 2.75) is 34.2 Å². The van der Waals surface area contributed by atoms with Crippen LogP contribution in [0.3, 0.4) is 0 Å². The number of para-hydroxylation sites is 1. The zero-order valence-corrected chi connectivity index (χ0v) is 27.6. The summed E-state index contributed by atoms with van der Waals surface area (Å²) >= 11 is 1.76. The third kappa shape index (κ3) is 6.68. The van der Waals surface area contributed by atoms with Crippen LogP contribution in [-0.2, 0) is 30.6 Å². The first-order valence-electron chi connectivity index (χ1n) is 14.4. The van der Waals surface area contributed by atoms with Crippen LogP contribution in [0.15, 0.2) is 81.4 Å². The number of hydrogen-bond acceptors (Lipinski definition) is 10. The van der Waals surface area contributed by atoms with Crippen LogP contribution in [0.4, 0.5) is 24.5 Å². The minimum Gasteiger partial charge on any atom is -0.490 e. The Bertz CT molecular complexity index is 2130. The summed E-state index contributed by atoms with van der Waals surface area (Å²) in [6.07, 6.45) is -4.83. The summed E-state index contributed by atoms with van der Waals surface area (Å²) in [5.74, 6) is -4.04. The van der Waals surface area contributed by atoms with Crippen molar-refractivity contribution in [3.05, 3.63) is 92.4 Å². The Morgan fingerprint density at radius 3 is 2.39 bits per heavy atom. The molecule has 3 aromatic carbocycles. The lowest BCUT2D eigenvalue weighted by Gasteiger charge is -2.30. The normalized spacial score (nSPS) is 19.0. The highest BCUT2D eigenvalue weighted by Crippen LogP contribution is 2.54. The molecule has 4 N–H and O–H groups in total. The van der Waals surface area contributed by atoms with Crippen LogP contribution in [0.1, 0.15) is 28.8 Å². The summed E-state index contributed by atoms with van der Waals surface area (Å²) < 4.78 is 76.3. The van der Waals surface area contributed by atoms with E-state index in [9.17, 15) is 40.8 Å². The van der Waals surface area contributed by atoms with Crippen molar-refractivity contribution >= 4 is 62.2 Å². The van der Waals surface area contributed by atoms with Crippen molar-refractivity contribution < 1.29 is 45.4 Å². The lowest BCUT2D eigenvalue weighted by molar-refractivity contribution is -0.137. The number of sulfonamides is 1. The minimum absolute atomic E-state index is 0.132. The number of rotatable bonds is 9. The molecule has 1 saturated heterocycles. The molecule has 2 aliphatic rings. The Balaban J connectivity index is 1.30. The molecular formula is C31H25F3N4O8S3. The Morgan fingerprint density at radius 1 is 1.00 bits per heavy atom. The second kappa shape index (κ2) is 13.0. The molecule has 3 heterocycles. The van der Waals surface area contributed by atoms with Crippen LogP contribution in [-0.4, -0.2) is 49.6 Å². The van der Waals surface area contributed by atoms with E-state index in [0.717, 1.165) is 35.2 Å². The fourth-order valence-corrected chi connectivity index (χ4v) is 8.73. The number of anilines is 2. The third-order valence-corrected chi connectivity index (χ3v) is 11.1. The number of fused-ring (bicyclic) bond motifs is 2. The SMILES string of the molecule is CCOc1cc([C@@H]2c3sc(=O)[nH]c3S[C@H]3C(=O)N(c4ccccc4C(F)(F)F)C(=O)[C@@H]23)ccc1OCC(=O)Nc1ccc(S(N)(=O)=O)cc1. The summed E-state index contributed by atoms with van der Waals surface area (Å²) in [5, 5.41) is 6.86. The van der Waals surface area contributed by atoms with E-state index in [4.69, 9.17) is 14.6 Å². The molecule has 4 aromatic rings. The number of ether oxygens (including phenoxy) is 2. The van der Waals surface area contributed by atoms with Crippen LogP contribution in [0.25, 0.3) is 0 Å². The Morgan fingerprint density at radius 2 is 1.71 bits per heavy atom. The van der Waals surface area contributed by atoms with Crippen LogP contribution in [0.2, 0.25) is 0 Å². The van der Waals surface area contributed by atoms with E-state index < -0.39 is 73.7 Å². The van der Waals surface area contributed by atoms with Crippen LogP contribution in [0, 0.1) is 5.92 Å². The number of aromatic nitrogens is 1. The summed E-state index contributed by atoms with van der Waals surface area (Å²) in [4.78, 5) is 55.9. The van der Waals surface area contributed by atoms with Crippen LogP contribution in [0.5, 0.6) is 11.5 Å². The van der Waals surface area contributed by atoms with Gasteiger partial charge in [-0.15, -0.1) is 0 Å². The minimum atomic E-state index is -4.83. The maximum Gasteiger partial charge on any atom is 0.418 e. The number of alkyl halides is 3. The van der Waals surface area contributed by atoms with Gasteiger partial charge in [0, 0.05) is 16.5 Å². The fourth-order valence-electron chi connectivity index (χ4n) is 5.70. The van der Waals surface area contributed by atoms with Gasteiger partial charge in [-0.25, -0.2) is 18.5 Å². The van der Waals surface area contributed by atoms with Gasteiger partial charge in [0.1, 0.15) is 5.25 Å². The number of H-pyrrole nitrogens is 1. The molecule has 0 aliphatic carbocycles. The number of amides is 3. The predicted octanol–water partition coefficient (Wildman–Crippen LogP) is 4.31. The Kier molecular flexibility index (Phi) is 9.08. The molecule has 18 heteroatoms. The number of benzene rings is 3. The highest BCUT2D eigenvalue weighted by molar-refractivity contribution is 8.00. The molecule has 1 fully saturated rings. The molecular weight excluding hydrogens is 710 g/mol. The zero-order chi connectivity index (χ0) is 35.2. The fraction of sp³-hybridized carbons (Fsp3) is 0.226. The number of halogens is 3. The molecule has 256 valence electrons. The van der Waals surface area contributed by atoms with E-state index >= 15 is 0 Å². The maximum atomic E-state index is 14.0. The van der Waals surface area contributed by atoms with Gasteiger partial charge in [-0.1, -0.05) is 41.3 Å². The number of primary sulfonamides is 1. The van der Waals surface area contributed by atoms with E-state index in [0.29, 0.717) is 20.4 Å². The average molecular weight is 735 g/mol. The number of carbonyl (C=O) groups excluding carboxylic acids is 3. The van der Waals surface area contributed by atoms with Crippen molar-refractivity contribution in [1.82, 2.24) is 4.98 Å². The summed E-state index contributed by atoms with van der Waals surface area (Å²) in [6.45, 7) is 1.38. The van der Waals surface area contributed by atoms with Crippen molar-refractivity contribution in [1.29, 1.82) is 0 Å². The van der Waals surface area contributed by atoms with E-state index in [-0.39, 0.29) is 28.7 Å². The quantitative estimate of drug-likeness (QED) is 0.212. The first-order chi connectivity index (χ1) is 23.2. The van der Waals surface area contributed by atoms with Crippen molar-refractivity contribution in [3.63, 3.8) is 0 Å². The van der Waals surface area contributed by atoms with Gasteiger partial charge in [-0.2, -0.15) is 13.2 Å². The molecule has 0 bridgehead atoms. The van der Waals surface area contributed by atoms with Gasteiger partial charge in [-0.3, -0.25) is 19.2 Å². The molecule has 3 amide bonds. The lowest BCUT2D eigenvalue weighted by Crippen LogP contribution is -2.33. The Labute approximate surface area is 284 Å². The number of nitrogens with one attached hydrogen (secondary N) is 2. The van der Waals surface area contributed by atoms with E-state index in [1.165, 1.54) is 42.5 Å². The van der Waals surface area contributed by atoms with Gasteiger partial charge < -0.3 is 19.8 Å². The number of nitrogens with zero attached hydrogens (tertiary/aromatic N) is 1. The van der Waals surface area contributed by atoms with E-state index in [2.05, 4.69) is 10.3 Å². The highest BCUT2D eigenvalue weighted by Gasteiger charge is 2.57.